The van der Waals surface area contributed by atoms with Gasteiger partial charge in [-0.1, -0.05) is 93.6 Å². The number of ketones is 2. The molecule has 286 valence electrons. The number of aliphatic hydroxyl groups excluding tert-OH is 1. The number of carbonyl (C=O) groups excluding carboxylic acids is 2. The van der Waals surface area contributed by atoms with Crippen molar-refractivity contribution < 1.29 is 33.1 Å². The highest BCUT2D eigenvalue weighted by Gasteiger charge is 2.67. The zero-order chi connectivity index (χ0) is 39.1. The fourth-order valence-electron chi connectivity index (χ4n) is 8.08. The number of fused-ring (bicyclic) bond motifs is 4. The molecule has 4 atom stereocenters. The Morgan fingerprint density at radius 1 is 0.945 bits per heavy atom. The smallest absolute Gasteiger partial charge is 0.265 e. The molecular weight excluding hydrogens is 711 g/mol. The predicted molar refractivity (Wildman–Crippen MR) is 212 cm³/mol. The Morgan fingerprint density at radius 2 is 1.56 bits per heavy atom. The molecule has 0 bridgehead atoms. The van der Waals surface area contributed by atoms with Crippen molar-refractivity contribution in [3.8, 4) is 11.6 Å². The average Bonchev–Trinajstić information content (AvgIpc) is 3.58. The van der Waals surface area contributed by atoms with E-state index in [0.29, 0.717) is 43.0 Å². The minimum Gasteiger partial charge on any atom is -0.508 e. The van der Waals surface area contributed by atoms with E-state index in [2.05, 4.69) is 49.0 Å². The van der Waals surface area contributed by atoms with Crippen molar-refractivity contribution in [1.82, 2.24) is 15.0 Å². The van der Waals surface area contributed by atoms with Gasteiger partial charge >= 0.3 is 0 Å². The van der Waals surface area contributed by atoms with Gasteiger partial charge in [0.1, 0.15) is 30.3 Å². The lowest BCUT2D eigenvalue weighted by Crippen LogP contribution is -2.65. The normalized spacial score (nSPS) is 22.0. The van der Waals surface area contributed by atoms with Crippen molar-refractivity contribution in [2.45, 2.75) is 76.6 Å². The molecule has 0 saturated carbocycles. The third-order valence-electron chi connectivity index (χ3n) is 11.7. The van der Waals surface area contributed by atoms with E-state index in [1.807, 2.05) is 73.8 Å². The topological polar surface area (TPSA) is 124 Å². The van der Waals surface area contributed by atoms with Gasteiger partial charge < -0.3 is 23.5 Å². The van der Waals surface area contributed by atoms with Gasteiger partial charge in [0.25, 0.3) is 5.88 Å². The Morgan fingerprint density at radius 3 is 2.16 bits per heavy atom. The van der Waals surface area contributed by atoms with Crippen LogP contribution in [0.1, 0.15) is 76.4 Å². The van der Waals surface area contributed by atoms with E-state index in [1.165, 1.54) is 6.20 Å². The number of aliphatic hydroxyl groups is 1. The molecule has 1 unspecified atom stereocenters. The third-order valence-corrected chi connectivity index (χ3v) is 16.1. The summed E-state index contributed by atoms with van der Waals surface area (Å²) < 4.78 is 25.9. The summed E-state index contributed by atoms with van der Waals surface area (Å²) >= 11 is 0. The van der Waals surface area contributed by atoms with E-state index in [-0.39, 0.29) is 41.0 Å². The monoisotopic (exact) mass is 759 g/mol. The summed E-state index contributed by atoms with van der Waals surface area (Å²) in [5.41, 5.74) is 1.16. The maximum Gasteiger partial charge on any atom is 0.265 e. The first-order valence-electron chi connectivity index (χ1n) is 18.8. The summed E-state index contributed by atoms with van der Waals surface area (Å²) in [5.74, 6) is -1.79. The van der Waals surface area contributed by atoms with Crippen LogP contribution in [-0.2, 0) is 24.1 Å². The minimum atomic E-state index is -2.91. The van der Waals surface area contributed by atoms with Crippen LogP contribution in [0.5, 0.6) is 11.6 Å². The number of hydrogen-bond donors (Lipinski definition) is 1. The Hall–Kier alpha value is -5.10. The summed E-state index contributed by atoms with van der Waals surface area (Å²) in [4.78, 5) is 37.1. The molecule has 10 nitrogen and oxygen atoms in total. The quantitative estimate of drug-likeness (QED) is 0.105. The maximum atomic E-state index is 15.6. The molecule has 0 radical (unpaired) electrons. The summed E-state index contributed by atoms with van der Waals surface area (Å²) in [6, 6.07) is 18.6. The highest BCUT2D eigenvalue weighted by Crippen LogP contribution is 2.60. The van der Waals surface area contributed by atoms with Gasteiger partial charge in [-0.05, 0) is 58.7 Å². The molecule has 55 heavy (non-hydrogen) atoms. The van der Waals surface area contributed by atoms with E-state index >= 15 is 4.79 Å². The van der Waals surface area contributed by atoms with Crippen LogP contribution in [0.15, 0.2) is 114 Å². The van der Waals surface area contributed by atoms with Gasteiger partial charge in [-0.3, -0.25) is 19.5 Å². The molecule has 2 aromatic carbocycles. The average molecular weight is 760 g/mol. The second-order valence-electron chi connectivity index (χ2n) is 16.2. The van der Waals surface area contributed by atoms with Crippen molar-refractivity contribution in [2.24, 2.45) is 11.8 Å². The predicted octanol–water partition coefficient (Wildman–Crippen LogP) is 8.79. The highest BCUT2D eigenvalue weighted by molar-refractivity contribution is 6.74. The van der Waals surface area contributed by atoms with Crippen LogP contribution in [0, 0.1) is 11.8 Å². The number of ether oxygens (including phenoxy) is 2. The fraction of sp³-hybridized carbons (Fsp3) is 0.364. The summed E-state index contributed by atoms with van der Waals surface area (Å²) in [7, 11) is -2.91. The van der Waals surface area contributed by atoms with E-state index in [4.69, 9.17) is 18.4 Å². The summed E-state index contributed by atoms with van der Waals surface area (Å²) in [6.07, 6.45) is 7.53. The molecule has 0 spiro atoms. The van der Waals surface area contributed by atoms with Gasteiger partial charge in [-0.15, -0.1) is 13.2 Å². The standard InChI is InChI=1S/C44H49N3O7Si/c1-8-20-47(21-9-2)37-32-23-30-22-31-24-45-25-33(51-26-28-16-12-10-13-17-28)34(31)38(48)35(30)40(49)44(32,54-55(6,7)43(3,4)5)41(50)36-39(37)53-46-42(36)52-27-29-18-14-11-15-19-29/h8-19,24-25,30,32,37,49H,1-2,20-23,26-27H2,3-7H3/t30-,32-,37-,44?/m0/s1. The SMILES string of the molecule is C=CCN(CC=C)[C@@H]1c2onc(OCc3ccccc3)c2C(=O)C2(O[Si](C)(C)C(C)(C)C)C(O)=C3C(=O)c4c(cncc4OCc4ccccc4)C[C@H]3C[C@@H]12. The number of carbonyl (C=O) groups is 2. The van der Waals surface area contributed by atoms with Gasteiger partial charge in [0.15, 0.2) is 25.5 Å². The molecule has 7 rings (SSSR count). The van der Waals surface area contributed by atoms with Crippen molar-refractivity contribution in [3.63, 3.8) is 0 Å². The van der Waals surface area contributed by atoms with Gasteiger partial charge in [0.05, 0.1) is 17.8 Å². The number of aromatic nitrogens is 2. The number of nitrogens with zero attached hydrogens (tertiary/aromatic N) is 3. The highest BCUT2D eigenvalue weighted by atomic mass is 28.4. The lowest BCUT2D eigenvalue weighted by atomic mass is 9.58. The lowest BCUT2D eigenvalue weighted by molar-refractivity contribution is -0.0524. The first-order chi connectivity index (χ1) is 26.3. The van der Waals surface area contributed by atoms with Crippen molar-refractivity contribution >= 4 is 19.9 Å². The van der Waals surface area contributed by atoms with Crippen molar-refractivity contribution in [3.05, 3.63) is 143 Å². The first kappa shape index (κ1) is 38.2. The number of hydrogen-bond acceptors (Lipinski definition) is 10. The lowest BCUT2D eigenvalue weighted by Gasteiger charge is -2.55. The number of rotatable bonds is 13. The molecule has 11 heteroatoms. The van der Waals surface area contributed by atoms with Crippen molar-refractivity contribution in [2.75, 3.05) is 13.1 Å². The van der Waals surface area contributed by atoms with E-state index in [1.54, 1.807) is 18.3 Å². The zero-order valence-corrected chi connectivity index (χ0v) is 33.2. The van der Waals surface area contributed by atoms with Crippen LogP contribution in [0.2, 0.25) is 18.1 Å². The van der Waals surface area contributed by atoms with Crippen LogP contribution >= 0.6 is 0 Å². The van der Waals surface area contributed by atoms with Crippen LogP contribution in [0.25, 0.3) is 0 Å². The Balaban J connectivity index is 1.42. The number of allylic oxidation sites excluding steroid dienone is 1. The molecule has 3 aliphatic carbocycles. The van der Waals surface area contributed by atoms with Gasteiger partial charge in [0.2, 0.25) is 5.78 Å². The van der Waals surface area contributed by atoms with Crippen LogP contribution in [0.4, 0.5) is 0 Å². The molecule has 4 aromatic rings. The van der Waals surface area contributed by atoms with E-state index in [0.717, 1.165) is 16.7 Å². The van der Waals surface area contributed by atoms with Gasteiger partial charge in [-0.25, -0.2) is 0 Å². The number of benzene rings is 2. The Labute approximate surface area is 323 Å². The van der Waals surface area contributed by atoms with Crippen LogP contribution in [0.3, 0.4) is 0 Å². The first-order valence-corrected chi connectivity index (χ1v) is 21.7. The molecule has 3 aliphatic rings. The number of pyridine rings is 1. The molecule has 2 heterocycles. The summed E-state index contributed by atoms with van der Waals surface area (Å²) in [5, 5.41) is 17.0. The Kier molecular flexibility index (Phi) is 10.3. The van der Waals surface area contributed by atoms with Gasteiger partial charge in [-0.2, -0.15) is 0 Å². The maximum absolute atomic E-state index is 15.6. The fourth-order valence-corrected chi connectivity index (χ4v) is 9.53. The molecular formula is C44H49N3O7Si. The van der Waals surface area contributed by atoms with Crippen LogP contribution in [-0.4, -0.2) is 58.7 Å². The van der Waals surface area contributed by atoms with Crippen LogP contribution < -0.4 is 9.47 Å². The minimum absolute atomic E-state index is 0.00516. The largest absolute Gasteiger partial charge is 0.508 e. The molecule has 0 amide bonds. The van der Waals surface area contributed by atoms with Crippen molar-refractivity contribution in [1.29, 1.82) is 0 Å². The second-order valence-corrected chi connectivity index (χ2v) is 20.9. The number of Topliss-reactive ketones (excluding diaryl/α,β-unsaturated/α-hetero) is 2. The molecule has 0 saturated heterocycles. The molecule has 1 N–H and O–H groups in total. The molecule has 0 fully saturated rings. The summed E-state index contributed by atoms with van der Waals surface area (Å²) in [6.45, 7) is 19.6. The molecule has 0 aliphatic heterocycles. The second kappa shape index (κ2) is 14.9. The van der Waals surface area contributed by atoms with E-state index in [9.17, 15) is 9.90 Å². The van der Waals surface area contributed by atoms with Gasteiger partial charge in [0, 0.05) is 30.8 Å². The Bertz CT molecular complexity index is 2130. The van der Waals surface area contributed by atoms with E-state index < -0.39 is 43.4 Å². The zero-order valence-electron chi connectivity index (χ0n) is 32.2. The third kappa shape index (κ3) is 6.68. The molecule has 2 aromatic heterocycles.